The van der Waals surface area contributed by atoms with Gasteiger partial charge in [0.15, 0.2) is 5.96 Å². The lowest BCUT2D eigenvalue weighted by atomic mass is 10.0. The van der Waals surface area contributed by atoms with Crippen molar-refractivity contribution in [3.05, 3.63) is 70.8 Å². The van der Waals surface area contributed by atoms with E-state index >= 15 is 0 Å². The molecule has 0 spiro atoms. The fourth-order valence-electron chi connectivity index (χ4n) is 3.28. The third kappa shape index (κ3) is 4.65. The van der Waals surface area contributed by atoms with Gasteiger partial charge >= 0.3 is 0 Å². The minimum absolute atomic E-state index is 0.0355. The number of hydrogen-bond donors (Lipinski definition) is 2. The second-order valence-electron chi connectivity index (χ2n) is 6.62. The first-order chi connectivity index (χ1) is 13.1. The number of morpholine rings is 1. The Balaban J connectivity index is 1.63. The first-order valence-corrected chi connectivity index (χ1v) is 9.10. The molecule has 0 bridgehead atoms. The summed E-state index contributed by atoms with van der Waals surface area (Å²) in [5, 5.41) is 3.39. The lowest BCUT2D eigenvalue weighted by Gasteiger charge is -2.35. The summed E-state index contributed by atoms with van der Waals surface area (Å²) in [6.45, 7) is 4.94. The number of nitrogens with zero attached hydrogens (tertiary/aromatic N) is 2. The number of rotatable bonds is 4. The Morgan fingerprint density at radius 1 is 1.26 bits per heavy atom. The summed E-state index contributed by atoms with van der Waals surface area (Å²) in [7, 11) is 1.79. The largest absolute Gasteiger partial charge is 0.370 e. The SMILES string of the molecule is CN=C(NCc1ccc(C(N)=O)cc1)N1CCOC(c2ccccc2C)C1. The van der Waals surface area contributed by atoms with Crippen molar-refractivity contribution in [2.45, 2.75) is 19.6 Å². The second kappa shape index (κ2) is 8.68. The Kier molecular flexibility index (Phi) is 6.08. The van der Waals surface area contributed by atoms with Gasteiger partial charge in [-0.2, -0.15) is 0 Å². The van der Waals surface area contributed by atoms with E-state index < -0.39 is 5.91 Å². The van der Waals surface area contributed by atoms with Gasteiger partial charge in [-0.1, -0.05) is 36.4 Å². The number of benzene rings is 2. The number of aliphatic imine (C=N–C) groups is 1. The molecule has 6 nitrogen and oxygen atoms in total. The molecule has 6 heteroatoms. The van der Waals surface area contributed by atoms with Gasteiger partial charge < -0.3 is 20.7 Å². The molecule has 3 N–H and O–H groups in total. The van der Waals surface area contributed by atoms with Crippen LogP contribution in [0.3, 0.4) is 0 Å². The van der Waals surface area contributed by atoms with E-state index in [-0.39, 0.29) is 6.10 Å². The van der Waals surface area contributed by atoms with Crippen LogP contribution < -0.4 is 11.1 Å². The van der Waals surface area contributed by atoms with Crippen LogP contribution in [0.1, 0.15) is 33.2 Å². The second-order valence-corrected chi connectivity index (χ2v) is 6.62. The maximum Gasteiger partial charge on any atom is 0.248 e. The Morgan fingerprint density at radius 2 is 2.00 bits per heavy atom. The zero-order valence-corrected chi connectivity index (χ0v) is 15.8. The van der Waals surface area contributed by atoms with Crippen molar-refractivity contribution in [2.24, 2.45) is 10.7 Å². The van der Waals surface area contributed by atoms with Crippen molar-refractivity contribution in [3.63, 3.8) is 0 Å². The van der Waals surface area contributed by atoms with Gasteiger partial charge in [0.2, 0.25) is 5.91 Å². The number of nitrogens with one attached hydrogen (secondary N) is 1. The maximum absolute atomic E-state index is 11.2. The molecule has 1 atom stereocenters. The van der Waals surface area contributed by atoms with Crippen molar-refractivity contribution in [1.82, 2.24) is 10.2 Å². The average molecular weight is 366 g/mol. The molecular weight excluding hydrogens is 340 g/mol. The van der Waals surface area contributed by atoms with Crippen molar-refractivity contribution < 1.29 is 9.53 Å². The summed E-state index contributed by atoms with van der Waals surface area (Å²) in [6, 6.07) is 15.6. The number of carbonyl (C=O) groups excluding carboxylic acids is 1. The first-order valence-electron chi connectivity index (χ1n) is 9.10. The van der Waals surface area contributed by atoms with Crippen LogP contribution in [-0.2, 0) is 11.3 Å². The van der Waals surface area contributed by atoms with Crippen LogP contribution in [0.5, 0.6) is 0 Å². The van der Waals surface area contributed by atoms with E-state index in [1.807, 2.05) is 24.3 Å². The summed E-state index contributed by atoms with van der Waals surface area (Å²) in [5.74, 6) is 0.428. The molecular formula is C21H26N4O2. The van der Waals surface area contributed by atoms with Crippen LogP contribution in [0.15, 0.2) is 53.5 Å². The number of primary amides is 1. The lowest BCUT2D eigenvalue weighted by Crippen LogP contribution is -2.48. The van der Waals surface area contributed by atoms with Gasteiger partial charge in [0.05, 0.1) is 13.2 Å². The maximum atomic E-state index is 11.2. The summed E-state index contributed by atoms with van der Waals surface area (Å²) in [5.41, 5.74) is 9.32. The highest BCUT2D eigenvalue weighted by Crippen LogP contribution is 2.25. The number of amides is 1. The highest BCUT2D eigenvalue weighted by molar-refractivity contribution is 5.92. The molecule has 0 radical (unpaired) electrons. The Labute approximate surface area is 160 Å². The van der Waals surface area contributed by atoms with Crippen LogP contribution in [0, 0.1) is 6.92 Å². The standard InChI is InChI=1S/C21H26N4O2/c1-15-5-3-4-6-18(15)19-14-25(11-12-27-19)21(23-2)24-13-16-7-9-17(10-8-16)20(22)26/h3-10,19H,11-14H2,1-2H3,(H2,22,26)(H,23,24). The van der Waals surface area contributed by atoms with E-state index in [0.29, 0.717) is 18.7 Å². The van der Waals surface area contributed by atoms with Gasteiger partial charge in [-0.15, -0.1) is 0 Å². The van der Waals surface area contributed by atoms with E-state index in [0.717, 1.165) is 24.6 Å². The van der Waals surface area contributed by atoms with Gasteiger partial charge in [-0.05, 0) is 35.7 Å². The molecule has 0 saturated carbocycles. The molecule has 1 aliphatic rings. The normalized spacial score (nSPS) is 17.6. The van der Waals surface area contributed by atoms with Crippen molar-refractivity contribution in [1.29, 1.82) is 0 Å². The van der Waals surface area contributed by atoms with Gasteiger partial charge in [0, 0.05) is 25.7 Å². The smallest absolute Gasteiger partial charge is 0.248 e. The molecule has 2 aromatic rings. The molecule has 1 saturated heterocycles. The van der Waals surface area contributed by atoms with Gasteiger partial charge in [0.1, 0.15) is 6.10 Å². The fraction of sp³-hybridized carbons (Fsp3) is 0.333. The molecule has 142 valence electrons. The van der Waals surface area contributed by atoms with Gasteiger partial charge in [-0.3, -0.25) is 9.79 Å². The predicted molar refractivity (Wildman–Crippen MR) is 107 cm³/mol. The first kappa shape index (κ1) is 18.9. The molecule has 3 rings (SSSR count). The van der Waals surface area contributed by atoms with E-state index in [2.05, 4.69) is 34.3 Å². The average Bonchev–Trinajstić information content (AvgIpc) is 2.69. The molecule has 27 heavy (non-hydrogen) atoms. The molecule has 2 aromatic carbocycles. The lowest BCUT2D eigenvalue weighted by molar-refractivity contribution is -0.00833. The van der Waals surface area contributed by atoms with E-state index in [1.54, 1.807) is 19.2 Å². The summed E-state index contributed by atoms with van der Waals surface area (Å²) in [6.07, 6.45) is 0.0355. The summed E-state index contributed by atoms with van der Waals surface area (Å²) in [4.78, 5) is 17.8. The summed E-state index contributed by atoms with van der Waals surface area (Å²) < 4.78 is 6.00. The number of nitrogens with two attached hydrogens (primary N) is 1. The van der Waals surface area contributed by atoms with Crippen molar-refractivity contribution in [2.75, 3.05) is 26.7 Å². The minimum atomic E-state index is -0.416. The number of carbonyl (C=O) groups is 1. The molecule has 0 aromatic heterocycles. The zero-order chi connectivity index (χ0) is 19.2. The quantitative estimate of drug-likeness (QED) is 0.642. The molecule has 1 heterocycles. The van der Waals surface area contributed by atoms with E-state index in [9.17, 15) is 4.79 Å². The minimum Gasteiger partial charge on any atom is -0.370 e. The number of hydrogen-bond acceptors (Lipinski definition) is 3. The molecule has 1 amide bonds. The molecule has 0 aliphatic carbocycles. The van der Waals surface area contributed by atoms with Crippen LogP contribution in [-0.4, -0.2) is 43.5 Å². The molecule has 1 aliphatic heterocycles. The van der Waals surface area contributed by atoms with Gasteiger partial charge in [-0.25, -0.2) is 0 Å². The van der Waals surface area contributed by atoms with Crippen LogP contribution in [0.2, 0.25) is 0 Å². The topological polar surface area (TPSA) is 79.9 Å². The third-order valence-corrected chi connectivity index (χ3v) is 4.80. The van der Waals surface area contributed by atoms with Crippen LogP contribution in [0.4, 0.5) is 0 Å². The third-order valence-electron chi connectivity index (χ3n) is 4.80. The van der Waals surface area contributed by atoms with Crippen LogP contribution in [0.25, 0.3) is 0 Å². The number of guanidine groups is 1. The van der Waals surface area contributed by atoms with Gasteiger partial charge in [0.25, 0.3) is 0 Å². The predicted octanol–water partition coefficient (Wildman–Crippen LogP) is 2.24. The van der Waals surface area contributed by atoms with Crippen molar-refractivity contribution >= 4 is 11.9 Å². The fourth-order valence-corrected chi connectivity index (χ4v) is 3.28. The summed E-state index contributed by atoms with van der Waals surface area (Å²) >= 11 is 0. The highest BCUT2D eigenvalue weighted by atomic mass is 16.5. The molecule has 1 unspecified atom stereocenters. The van der Waals surface area contributed by atoms with Crippen LogP contribution >= 0.6 is 0 Å². The van der Waals surface area contributed by atoms with E-state index in [1.165, 1.54) is 11.1 Å². The number of aryl methyl sites for hydroxylation is 1. The number of ether oxygens (including phenoxy) is 1. The monoisotopic (exact) mass is 366 g/mol. The zero-order valence-electron chi connectivity index (χ0n) is 15.8. The Morgan fingerprint density at radius 3 is 2.67 bits per heavy atom. The Hall–Kier alpha value is -2.86. The highest BCUT2D eigenvalue weighted by Gasteiger charge is 2.25. The molecule has 1 fully saturated rings. The van der Waals surface area contributed by atoms with E-state index in [4.69, 9.17) is 10.5 Å². The van der Waals surface area contributed by atoms with Crippen molar-refractivity contribution in [3.8, 4) is 0 Å². The Bertz CT molecular complexity index is 817.